The van der Waals surface area contributed by atoms with Crippen molar-refractivity contribution in [1.29, 1.82) is 0 Å². The highest BCUT2D eigenvalue weighted by molar-refractivity contribution is 5.87. The normalized spacial score (nSPS) is 8.38. The van der Waals surface area contributed by atoms with Crippen LogP contribution in [0, 0.1) is 11.8 Å². The fourth-order valence-electron chi connectivity index (χ4n) is 0.878. The van der Waals surface area contributed by atoms with E-state index in [1.54, 1.807) is 19.2 Å². The molecule has 0 atom stereocenters. The second-order valence-electron chi connectivity index (χ2n) is 2.39. The lowest BCUT2D eigenvalue weighted by atomic mass is 10.2. The van der Waals surface area contributed by atoms with Gasteiger partial charge in [-0.25, -0.2) is 4.79 Å². The van der Waals surface area contributed by atoms with Crippen molar-refractivity contribution in [2.75, 3.05) is 12.4 Å². The molecule has 1 aromatic rings. The second-order valence-corrected chi connectivity index (χ2v) is 2.39. The second kappa shape index (κ2) is 4.17. The predicted octanol–water partition coefficient (Wildman–Crippen LogP) is 1.16. The average molecular weight is 175 g/mol. The molecule has 13 heavy (non-hydrogen) atoms. The van der Waals surface area contributed by atoms with Crippen molar-refractivity contribution < 1.29 is 9.90 Å². The molecule has 0 amide bonds. The van der Waals surface area contributed by atoms with Crippen LogP contribution < -0.4 is 5.32 Å². The van der Waals surface area contributed by atoms with E-state index in [9.17, 15) is 4.79 Å². The SMILES string of the molecule is CNc1cccc(C#CC(=O)O)c1. The molecule has 1 aromatic carbocycles. The highest BCUT2D eigenvalue weighted by Crippen LogP contribution is 2.07. The van der Waals surface area contributed by atoms with Crippen LogP contribution in [0.4, 0.5) is 5.69 Å². The number of benzene rings is 1. The van der Waals surface area contributed by atoms with E-state index < -0.39 is 5.97 Å². The third-order valence-corrected chi connectivity index (χ3v) is 1.47. The summed E-state index contributed by atoms with van der Waals surface area (Å²) in [5.74, 6) is 3.47. The number of anilines is 1. The number of hydrogen-bond acceptors (Lipinski definition) is 2. The van der Waals surface area contributed by atoms with Crippen LogP contribution in [0.2, 0.25) is 0 Å². The zero-order valence-electron chi connectivity index (χ0n) is 7.16. The number of carbonyl (C=O) groups is 1. The fourth-order valence-corrected chi connectivity index (χ4v) is 0.878. The van der Waals surface area contributed by atoms with E-state index in [-0.39, 0.29) is 0 Å². The number of carboxylic acid groups (broad SMARTS) is 1. The summed E-state index contributed by atoms with van der Waals surface area (Å²) < 4.78 is 0. The van der Waals surface area contributed by atoms with Gasteiger partial charge >= 0.3 is 5.97 Å². The van der Waals surface area contributed by atoms with Gasteiger partial charge in [0.25, 0.3) is 0 Å². The number of hydrogen-bond donors (Lipinski definition) is 2. The molecule has 0 saturated carbocycles. The smallest absolute Gasteiger partial charge is 0.382 e. The number of nitrogens with one attached hydrogen (secondary N) is 1. The minimum atomic E-state index is -1.12. The molecule has 0 radical (unpaired) electrons. The van der Waals surface area contributed by atoms with Crippen LogP contribution in [0.5, 0.6) is 0 Å². The molecule has 3 heteroatoms. The Morgan fingerprint density at radius 1 is 1.54 bits per heavy atom. The summed E-state index contributed by atoms with van der Waals surface area (Å²) in [6.45, 7) is 0. The summed E-state index contributed by atoms with van der Waals surface area (Å²) in [5.41, 5.74) is 1.60. The van der Waals surface area contributed by atoms with Gasteiger partial charge in [0.05, 0.1) is 0 Å². The van der Waals surface area contributed by atoms with Gasteiger partial charge in [0, 0.05) is 24.2 Å². The Hall–Kier alpha value is -1.95. The first-order valence-corrected chi connectivity index (χ1v) is 3.75. The van der Waals surface area contributed by atoms with Crippen molar-refractivity contribution in [3.05, 3.63) is 29.8 Å². The van der Waals surface area contributed by atoms with Gasteiger partial charge in [-0.1, -0.05) is 12.0 Å². The first-order chi connectivity index (χ1) is 6.22. The van der Waals surface area contributed by atoms with E-state index >= 15 is 0 Å². The Morgan fingerprint density at radius 3 is 2.92 bits per heavy atom. The van der Waals surface area contributed by atoms with Gasteiger partial charge in [0.15, 0.2) is 0 Å². The maximum absolute atomic E-state index is 10.1. The Bertz CT molecular complexity index is 374. The van der Waals surface area contributed by atoms with Crippen molar-refractivity contribution in [3.8, 4) is 11.8 Å². The van der Waals surface area contributed by atoms with Gasteiger partial charge < -0.3 is 10.4 Å². The zero-order chi connectivity index (χ0) is 9.68. The van der Waals surface area contributed by atoms with Gasteiger partial charge in [0.1, 0.15) is 0 Å². The van der Waals surface area contributed by atoms with Crippen LogP contribution in [0.1, 0.15) is 5.56 Å². The lowest BCUT2D eigenvalue weighted by molar-refractivity contribution is -0.130. The molecule has 0 aliphatic heterocycles. The van der Waals surface area contributed by atoms with Crippen LogP contribution in [-0.4, -0.2) is 18.1 Å². The zero-order valence-corrected chi connectivity index (χ0v) is 7.16. The van der Waals surface area contributed by atoms with Crippen LogP contribution in [-0.2, 0) is 4.79 Å². The molecular formula is C10H9NO2. The molecule has 0 aliphatic carbocycles. The third-order valence-electron chi connectivity index (χ3n) is 1.47. The topological polar surface area (TPSA) is 49.3 Å². The summed E-state index contributed by atoms with van der Waals surface area (Å²) in [4.78, 5) is 10.1. The van der Waals surface area contributed by atoms with Crippen LogP contribution in [0.15, 0.2) is 24.3 Å². The van der Waals surface area contributed by atoms with E-state index in [2.05, 4.69) is 17.2 Å². The predicted molar refractivity (Wildman–Crippen MR) is 50.5 cm³/mol. The summed E-state index contributed by atoms with van der Waals surface area (Å²) in [6.07, 6.45) is 0. The Morgan fingerprint density at radius 2 is 2.31 bits per heavy atom. The van der Waals surface area contributed by atoms with E-state index in [1.807, 2.05) is 12.1 Å². The van der Waals surface area contributed by atoms with E-state index in [4.69, 9.17) is 5.11 Å². The minimum absolute atomic E-state index is 0.689. The Kier molecular flexibility index (Phi) is 2.93. The maximum Gasteiger partial charge on any atom is 0.382 e. The summed E-state index contributed by atoms with van der Waals surface area (Å²) in [7, 11) is 1.80. The quantitative estimate of drug-likeness (QED) is 0.630. The Labute approximate surface area is 76.4 Å². The van der Waals surface area contributed by atoms with Crippen molar-refractivity contribution in [3.63, 3.8) is 0 Å². The van der Waals surface area contributed by atoms with Gasteiger partial charge in [-0.05, 0) is 18.2 Å². The van der Waals surface area contributed by atoms with Crippen molar-refractivity contribution in [2.24, 2.45) is 0 Å². The molecule has 0 aromatic heterocycles. The molecule has 0 heterocycles. The first kappa shape index (κ1) is 9.14. The standard InChI is InChI=1S/C10H9NO2/c1-11-9-4-2-3-8(7-9)5-6-10(12)13/h2-4,7,11H,1H3,(H,12,13). The van der Waals surface area contributed by atoms with Crippen LogP contribution in [0.25, 0.3) is 0 Å². The lowest BCUT2D eigenvalue weighted by Crippen LogP contribution is -1.89. The summed E-state index contributed by atoms with van der Waals surface area (Å²) in [5, 5.41) is 11.3. The largest absolute Gasteiger partial charge is 0.472 e. The molecule has 0 bridgehead atoms. The highest BCUT2D eigenvalue weighted by Gasteiger charge is 1.90. The van der Waals surface area contributed by atoms with Gasteiger partial charge in [-0.15, -0.1) is 0 Å². The molecule has 0 spiro atoms. The number of carboxylic acids is 1. The van der Waals surface area contributed by atoms with Crippen molar-refractivity contribution in [2.45, 2.75) is 0 Å². The maximum atomic E-state index is 10.1. The van der Waals surface area contributed by atoms with E-state index in [0.29, 0.717) is 5.56 Å². The molecule has 3 nitrogen and oxygen atoms in total. The monoisotopic (exact) mass is 175 g/mol. The van der Waals surface area contributed by atoms with Crippen molar-refractivity contribution in [1.82, 2.24) is 0 Å². The molecule has 66 valence electrons. The lowest BCUT2D eigenvalue weighted by Gasteiger charge is -1.98. The Balaban J connectivity index is 2.91. The molecule has 0 saturated heterocycles. The van der Waals surface area contributed by atoms with Crippen molar-refractivity contribution >= 4 is 11.7 Å². The molecule has 0 aliphatic rings. The van der Waals surface area contributed by atoms with E-state index in [1.165, 1.54) is 0 Å². The molecular weight excluding hydrogens is 166 g/mol. The van der Waals surface area contributed by atoms with E-state index in [0.717, 1.165) is 5.69 Å². The molecule has 2 N–H and O–H groups in total. The minimum Gasteiger partial charge on any atom is -0.472 e. The van der Waals surface area contributed by atoms with Gasteiger partial charge in [-0.2, -0.15) is 0 Å². The molecule has 0 unspecified atom stereocenters. The first-order valence-electron chi connectivity index (χ1n) is 3.75. The van der Waals surface area contributed by atoms with Gasteiger partial charge in [-0.3, -0.25) is 0 Å². The van der Waals surface area contributed by atoms with Crippen LogP contribution >= 0.6 is 0 Å². The summed E-state index contributed by atoms with van der Waals surface area (Å²) >= 11 is 0. The molecule has 1 rings (SSSR count). The third kappa shape index (κ3) is 2.88. The fraction of sp³-hybridized carbons (Fsp3) is 0.100. The van der Waals surface area contributed by atoms with Gasteiger partial charge in [0.2, 0.25) is 0 Å². The van der Waals surface area contributed by atoms with Crippen LogP contribution in [0.3, 0.4) is 0 Å². The highest BCUT2D eigenvalue weighted by atomic mass is 16.4. The average Bonchev–Trinajstić information content (AvgIpc) is 2.15. The number of aliphatic carboxylic acids is 1. The number of rotatable bonds is 1. The molecule has 0 fully saturated rings. The summed E-state index contributed by atoms with van der Waals surface area (Å²) in [6, 6.07) is 7.25.